The second kappa shape index (κ2) is 13.9. The van der Waals surface area contributed by atoms with Crippen LogP contribution in [0.15, 0.2) is 24.4 Å². The number of halogens is 7. The number of hydrogen-bond acceptors (Lipinski definition) is 6. The number of pyridine rings is 1. The molecule has 9 nitrogen and oxygen atoms in total. The smallest absolute Gasteiger partial charge is 0.421 e. The van der Waals surface area contributed by atoms with Gasteiger partial charge in [0.15, 0.2) is 0 Å². The van der Waals surface area contributed by atoms with Crippen molar-refractivity contribution < 1.29 is 49.8 Å². The van der Waals surface area contributed by atoms with Gasteiger partial charge in [-0.3, -0.25) is 9.69 Å². The number of carbonyl (C=O) groups excluding carboxylic acids is 2. The minimum absolute atomic E-state index is 0.0644. The minimum Gasteiger partial charge on any atom is -0.497 e. The van der Waals surface area contributed by atoms with Crippen molar-refractivity contribution in [1.82, 2.24) is 15.6 Å². The number of ether oxygens (including phenoxy) is 2. The molecule has 1 saturated carbocycles. The van der Waals surface area contributed by atoms with Crippen LogP contribution in [0.3, 0.4) is 0 Å². The van der Waals surface area contributed by atoms with Crippen LogP contribution in [0.5, 0.6) is 5.75 Å². The number of carbonyl (C=O) groups is 2. The topological polar surface area (TPSA) is 105 Å². The monoisotopic (exact) mass is 661 g/mol. The van der Waals surface area contributed by atoms with E-state index in [1.54, 1.807) is 0 Å². The second-order valence-corrected chi connectivity index (χ2v) is 11.7. The van der Waals surface area contributed by atoms with Crippen LogP contribution in [-0.2, 0) is 15.7 Å². The zero-order chi connectivity index (χ0) is 33.2. The van der Waals surface area contributed by atoms with Crippen LogP contribution in [-0.4, -0.2) is 68.3 Å². The molecular weight excluding hydrogens is 627 g/mol. The first-order valence-electron chi connectivity index (χ1n) is 15.0. The number of urea groups is 1. The van der Waals surface area contributed by atoms with Crippen molar-refractivity contribution in [1.29, 1.82) is 0 Å². The summed E-state index contributed by atoms with van der Waals surface area (Å²) in [4.78, 5) is 31.4. The predicted octanol–water partition coefficient (Wildman–Crippen LogP) is 5.60. The van der Waals surface area contributed by atoms with E-state index in [9.17, 15) is 31.5 Å². The van der Waals surface area contributed by atoms with Crippen molar-refractivity contribution in [2.45, 2.75) is 75.2 Å². The molecule has 3 amide bonds. The van der Waals surface area contributed by atoms with Crippen LogP contribution in [0.25, 0.3) is 0 Å². The predicted molar refractivity (Wildman–Crippen MR) is 152 cm³/mol. The van der Waals surface area contributed by atoms with Gasteiger partial charge in [-0.1, -0.05) is 0 Å². The van der Waals surface area contributed by atoms with E-state index in [0.717, 1.165) is 30.8 Å². The Bertz CT molecular complexity index is 1390. The first-order chi connectivity index (χ1) is 21.9. The molecule has 3 heterocycles. The van der Waals surface area contributed by atoms with E-state index in [1.807, 2.05) is 0 Å². The molecule has 2 saturated heterocycles. The maximum Gasteiger partial charge on any atom is 0.421 e. The fourth-order valence-corrected chi connectivity index (χ4v) is 6.37. The van der Waals surface area contributed by atoms with Gasteiger partial charge in [-0.2, -0.15) is 13.2 Å². The maximum atomic E-state index is 15.3. The van der Waals surface area contributed by atoms with E-state index < -0.39 is 83.6 Å². The molecule has 1 aliphatic carbocycles. The van der Waals surface area contributed by atoms with Crippen LogP contribution in [0.2, 0.25) is 0 Å². The third-order valence-corrected chi connectivity index (χ3v) is 8.74. The summed E-state index contributed by atoms with van der Waals surface area (Å²) < 4.78 is 111. The van der Waals surface area contributed by atoms with Crippen molar-refractivity contribution in [2.24, 2.45) is 5.92 Å². The van der Waals surface area contributed by atoms with E-state index in [4.69, 9.17) is 9.47 Å². The standard InChI is InChI=1S/C30H34F7N5O4/c1-45-18-11-20(31)23(21(32)12-18)19-14-42(28(43)25(19)41-29(44)40-16-6-4-15(5-7-16)26(33)34)27-24(30(35,36)37)22(8-9-38-27)39-13-17-3-2-10-46-17/h8-9,11-12,15-17,19,25-26H,2-7,10,13-14H2,1H3,(H,38,39)(H2,40,41,44)/t15?,16?,17?,19-,25-/m0/s1. The van der Waals surface area contributed by atoms with E-state index in [2.05, 4.69) is 20.9 Å². The summed E-state index contributed by atoms with van der Waals surface area (Å²) in [6.07, 6.45) is -4.52. The zero-order valence-corrected chi connectivity index (χ0v) is 24.8. The molecule has 0 radical (unpaired) electrons. The Labute approximate surface area is 260 Å². The SMILES string of the molecule is COc1cc(F)c([C@@H]2CN(c3nccc(NCC4CCCO4)c3C(F)(F)F)C(=O)[C@H]2NC(=O)NC2CCC(C(F)F)CC2)c(F)c1. The molecule has 252 valence electrons. The van der Waals surface area contributed by atoms with Gasteiger partial charge in [-0.25, -0.2) is 27.3 Å². The molecule has 0 bridgehead atoms. The number of benzene rings is 1. The largest absolute Gasteiger partial charge is 0.497 e. The van der Waals surface area contributed by atoms with E-state index in [-0.39, 0.29) is 49.8 Å². The molecule has 1 aromatic heterocycles. The average molecular weight is 662 g/mol. The highest BCUT2D eigenvalue weighted by molar-refractivity contribution is 6.03. The molecular formula is C30H34F7N5O4. The van der Waals surface area contributed by atoms with Gasteiger partial charge >= 0.3 is 12.2 Å². The van der Waals surface area contributed by atoms with Gasteiger partial charge in [-0.05, 0) is 44.6 Å². The summed E-state index contributed by atoms with van der Waals surface area (Å²) >= 11 is 0. The van der Waals surface area contributed by atoms with Crippen molar-refractivity contribution in [2.75, 3.05) is 37.0 Å². The summed E-state index contributed by atoms with van der Waals surface area (Å²) in [7, 11) is 1.18. The Morgan fingerprint density at radius 2 is 1.80 bits per heavy atom. The van der Waals surface area contributed by atoms with Crippen LogP contribution in [0.1, 0.15) is 55.6 Å². The highest BCUT2D eigenvalue weighted by atomic mass is 19.4. The lowest BCUT2D eigenvalue weighted by molar-refractivity contribution is -0.136. The highest BCUT2D eigenvalue weighted by Gasteiger charge is 2.49. The summed E-state index contributed by atoms with van der Waals surface area (Å²) in [5, 5.41) is 7.71. The third-order valence-electron chi connectivity index (χ3n) is 8.74. The van der Waals surface area contributed by atoms with Crippen LogP contribution >= 0.6 is 0 Å². The minimum atomic E-state index is -5.01. The molecule has 1 aromatic carbocycles. The molecule has 0 spiro atoms. The number of rotatable bonds is 9. The summed E-state index contributed by atoms with van der Waals surface area (Å²) in [5.74, 6) is -6.61. The van der Waals surface area contributed by atoms with Crippen molar-refractivity contribution >= 4 is 23.4 Å². The molecule has 16 heteroatoms. The number of hydrogen-bond donors (Lipinski definition) is 3. The van der Waals surface area contributed by atoms with E-state index in [0.29, 0.717) is 17.9 Å². The van der Waals surface area contributed by atoms with Crippen molar-refractivity contribution in [3.63, 3.8) is 0 Å². The van der Waals surface area contributed by atoms with Crippen LogP contribution in [0, 0.1) is 17.6 Å². The van der Waals surface area contributed by atoms with Gasteiger partial charge in [0.05, 0.1) is 18.9 Å². The lowest BCUT2D eigenvalue weighted by Gasteiger charge is -2.29. The van der Waals surface area contributed by atoms with Crippen molar-refractivity contribution in [3.8, 4) is 5.75 Å². The molecule has 3 atom stereocenters. The van der Waals surface area contributed by atoms with E-state index >= 15 is 8.78 Å². The van der Waals surface area contributed by atoms with Gasteiger partial charge in [0, 0.05) is 61.5 Å². The second-order valence-electron chi connectivity index (χ2n) is 11.7. The van der Waals surface area contributed by atoms with Gasteiger partial charge < -0.3 is 25.4 Å². The van der Waals surface area contributed by atoms with Gasteiger partial charge in [-0.15, -0.1) is 0 Å². The molecule has 3 fully saturated rings. The number of methoxy groups -OCH3 is 1. The molecule has 3 N–H and O–H groups in total. The number of anilines is 2. The maximum absolute atomic E-state index is 15.3. The molecule has 5 rings (SSSR count). The quantitative estimate of drug-likeness (QED) is 0.303. The van der Waals surface area contributed by atoms with Crippen LogP contribution < -0.4 is 25.6 Å². The molecule has 2 aromatic rings. The summed E-state index contributed by atoms with van der Waals surface area (Å²) in [6.45, 7) is -0.106. The Hall–Kier alpha value is -3.82. The average Bonchev–Trinajstić information content (AvgIpc) is 3.63. The Morgan fingerprint density at radius 1 is 1.11 bits per heavy atom. The van der Waals surface area contributed by atoms with E-state index in [1.165, 1.54) is 7.11 Å². The lowest BCUT2D eigenvalue weighted by Crippen LogP contribution is -2.51. The molecule has 3 aliphatic rings. The molecule has 46 heavy (non-hydrogen) atoms. The fourth-order valence-electron chi connectivity index (χ4n) is 6.37. The lowest BCUT2D eigenvalue weighted by atomic mass is 9.86. The normalized spacial score (nSPS) is 25.2. The molecule has 2 aliphatic heterocycles. The first-order valence-corrected chi connectivity index (χ1v) is 15.0. The third kappa shape index (κ3) is 7.26. The highest BCUT2D eigenvalue weighted by Crippen LogP contribution is 2.44. The summed E-state index contributed by atoms with van der Waals surface area (Å²) in [6, 6.07) is -0.329. The zero-order valence-electron chi connectivity index (χ0n) is 24.8. The Balaban J connectivity index is 1.45. The summed E-state index contributed by atoms with van der Waals surface area (Å²) in [5.41, 5.74) is -2.27. The van der Waals surface area contributed by atoms with Gasteiger partial charge in [0.2, 0.25) is 6.43 Å². The van der Waals surface area contributed by atoms with Gasteiger partial charge in [0.25, 0.3) is 5.91 Å². The van der Waals surface area contributed by atoms with Gasteiger partial charge in [0.1, 0.15) is 34.8 Å². The Morgan fingerprint density at radius 3 is 2.39 bits per heavy atom. The number of nitrogens with zero attached hydrogens (tertiary/aromatic N) is 2. The first kappa shape index (κ1) is 33.5. The molecule has 1 unspecified atom stereocenters. The number of alkyl halides is 5. The number of amides is 3. The van der Waals surface area contributed by atoms with Crippen molar-refractivity contribution in [3.05, 3.63) is 47.2 Å². The van der Waals surface area contributed by atoms with Crippen LogP contribution in [0.4, 0.5) is 47.0 Å². The number of aromatic nitrogens is 1. The fraction of sp³-hybridized carbons (Fsp3) is 0.567. The Kier molecular flexibility index (Phi) is 10.1. The number of nitrogens with one attached hydrogen (secondary N) is 3.